The van der Waals surface area contributed by atoms with Gasteiger partial charge in [-0.3, -0.25) is 4.79 Å². The van der Waals surface area contributed by atoms with Crippen LogP contribution in [0, 0.1) is 5.92 Å². The van der Waals surface area contributed by atoms with E-state index < -0.39 is 0 Å². The maximum absolute atomic E-state index is 12.1. The molecule has 0 aromatic heterocycles. The Morgan fingerprint density at radius 1 is 1.00 bits per heavy atom. The lowest BCUT2D eigenvalue weighted by atomic mass is 9.97. The summed E-state index contributed by atoms with van der Waals surface area (Å²) in [5, 5.41) is 0. The maximum atomic E-state index is 12.1. The highest BCUT2D eigenvalue weighted by atomic mass is 16.5. The number of ether oxygens (including phenoxy) is 1. The lowest BCUT2D eigenvalue weighted by Gasteiger charge is -2.11. The first-order valence-electron chi connectivity index (χ1n) is 6.54. The van der Waals surface area contributed by atoms with Gasteiger partial charge in [-0.05, 0) is 18.6 Å². The van der Waals surface area contributed by atoms with Gasteiger partial charge in [-0.1, -0.05) is 55.5 Å². The number of benzene rings is 2. The summed E-state index contributed by atoms with van der Waals surface area (Å²) in [6.45, 7) is 2.51. The van der Waals surface area contributed by atoms with E-state index in [-0.39, 0.29) is 11.7 Å². The number of carbonyl (C=O) groups excluding carboxylic acids is 1. The molecular weight excluding hydrogens is 236 g/mol. The zero-order valence-corrected chi connectivity index (χ0v) is 11.1. The molecule has 0 spiro atoms. The lowest BCUT2D eigenvalue weighted by molar-refractivity contribution is 0.0912. The zero-order valence-electron chi connectivity index (χ0n) is 11.1. The first kappa shape index (κ1) is 13.3. The standard InChI is InChI=1S/C17H18O2/c1-14(17(18)15-8-4-2-5-9-15)12-13-19-16-10-6-3-7-11-16/h2-11,14H,12-13H2,1H3. The number of ketones is 1. The van der Waals surface area contributed by atoms with E-state index >= 15 is 0 Å². The Balaban J connectivity index is 1.82. The number of hydrogen-bond acceptors (Lipinski definition) is 2. The van der Waals surface area contributed by atoms with E-state index in [0.29, 0.717) is 6.61 Å². The highest BCUT2D eigenvalue weighted by molar-refractivity contribution is 5.97. The van der Waals surface area contributed by atoms with Crippen LogP contribution in [0.25, 0.3) is 0 Å². The van der Waals surface area contributed by atoms with Gasteiger partial charge in [0.1, 0.15) is 5.75 Å². The Bertz CT molecular complexity index is 505. The molecule has 0 aliphatic carbocycles. The molecule has 1 atom stereocenters. The van der Waals surface area contributed by atoms with E-state index in [4.69, 9.17) is 4.74 Å². The number of carbonyl (C=O) groups is 1. The number of Topliss-reactive ketones (excluding diaryl/α,β-unsaturated/α-hetero) is 1. The van der Waals surface area contributed by atoms with Crippen LogP contribution in [0.4, 0.5) is 0 Å². The normalized spacial score (nSPS) is 11.8. The van der Waals surface area contributed by atoms with Crippen LogP contribution in [0.15, 0.2) is 60.7 Å². The minimum absolute atomic E-state index is 0.0221. The van der Waals surface area contributed by atoms with Gasteiger partial charge in [0.2, 0.25) is 0 Å². The summed E-state index contributed by atoms with van der Waals surface area (Å²) in [7, 11) is 0. The third-order valence-corrected chi connectivity index (χ3v) is 3.07. The summed E-state index contributed by atoms with van der Waals surface area (Å²) in [5.41, 5.74) is 0.773. The fourth-order valence-corrected chi connectivity index (χ4v) is 1.89. The molecular formula is C17H18O2. The Morgan fingerprint density at radius 3 is 2.21 bits per heavy atom. The van der Waals surface area contributed by atoms with Gasteiger partial charge in [-0.25, -0.2) is 0 Å². The van der Waals surface area contributed by atoms with E-state index in [1.165, 1.54) is 0 Å². The number of para-hydroxylation sites is 1. The SMILES string of the molecule is CC(CCOc1ccccc1)C(=O)c1ccccc1. The molecule has 2 heteroatoms. The topological polar surface area (TPSA) is 26.3 Å². The molecule has 2 rings (SSSR count). The Labute approximate surface area is 114 Å². The van der Waals surface area contributed by atoms with E-state index in [9.17, 15) is 4.79 Å². The first-order chi connectivity index (χ1) is 9.27. The van der Waals surface area contributed by atoms with Gasteiger partial charge in [0, 0.05) is 11.5 Å². The molecule has 0 fully saturated rings. The van der Waals surface area contributed by atoms with Gasteiger partial charge < -0.3 is 4.74 Å². The summed E-state index contributed by atoms with van der Waals surface area (Å²) in [5.74, 6) is 1.00. The van der Waals surface area contributed by atoms with Gasteiger partial charge in [0.15, 0.2) is 5.78 Å². The van der Waals surface area contributed by atoms with Gasteiger partial charge in [0.25, 0.3) is 0 Å². The fraction of sp³-hybridized carbons (Fsp3) is 0.235. The second-order valence-corrected chi connectivity index (χ2v) is 4.58. The highest BCUT2D eigenvalue weighted by Crippen LogP contribution is 2.14. The van der Waals surface area contributed by atoms with Crippen LogP contribution in [0.5, 0.6) is 5.75 Å². The number of rotatable bonds is 6. The summed E-state index contributed by atoms with van der Waals surface area (Å²) in [6, 6.07) is 19.1. The van der Waals surface area contributed by atoms with Crippen molar-refractivity contribution >= 4 is 5.78 Å². The molecule has 0 N–H and O–H groups in total. The molecule has 2 aromatic rings. The van der Waals surface area contributed by atoms with Gasteiger partial charge >= 0.3 is 0 Å². The predicted molar refractivity (Wildman–Crippen MR) is 76.5 cm³/mol. The predicted octanol–water partition coefficient (Wildman–Crippen LogP) is 3.97. The molecule has 0 aliphatic heterocycles. The van der Waals surface area contributed by atoms with E-state index in [1.807, 2.05) is 67.6 Å². The van der Waals surface area contributed by atoms with Crippen LogP contribution in [0.1, 0.15) is 23.7 Å². The molecule has 98 valence electrons. The Kier molecular flexibility index (Phi) is 4.73. The van der Waals surface area contributed by atoms with Crippen molar-refractivity contribution in [2.45, 2.75) is 13.3 Å². The van der Waals surface area contributed by atoms with Crippen LogP contribution in [-0.2, 0) is 0 Å². The summed E-state index contributed by atoms with van der Waals surface area (Å²) < 4.78 is 5.61. The van der Waals surface area contributed by atoms with Crippen LogP contribution in [0.2, 0.25) is 0 Å². The third-order valence-electron chi connectivity index (χ3n) is 3.07. The second kappa shape index (κ2) is 6.74. The smallest absolute Gasteiger partial charge is 0.165 e. The van der Waals surface area contributed by atoms with Crippen molar-refractivity contribution in [2.24, 2.45) is 5.92 Å². The Morgan fingerprint density at radius 2 is 1.58 bits per heavy atom. The largest absolute Gasteiger partial charge is 0.494 e. The van der Waals surface area contributed by atoms with Crippen molar-refractivity contribution in [1.29, 1.82) is 0 Å². The quantitative estimate of drug-likeness (QED) is 0.729. The fourth-order valence-electron chi connectivity index (χ4n) is 1.89. The average molecular weight is 254 g/mol. The average Bonchev–Trinajstić information content (AvgIpc) is 2.48. The van der Waals surface area contributed by atoms with Gasteiger partial charge in [-0.2, -0.15) is 0 Å². The van der Waals surface area contributed by atoms with Crippen LogP contribution in [0.3, 0.4) is 0 Å². The van der Waals surface area contributed by atoms with Crippen LogP contribution in [-0.4, -0.2) is 12.4 Å². The number of hydrogen-bond donors (Lipinski definition) is 0. The summed E-state index contributed by atoms with van der Waals surface area (Å²) in [6.07, 6.45) is 0.725. The minimum atomic E-state index is -0.0221. The second-order valence-electron chi connectivity index (χ2n) is 4.58. The molecule has 0 saturated carbocycles. The summed E-state index contributed by atoms with van der Waals surface area (Å²) in [4.78, 5) is 12.1. The van der Waals surface area contributed by atoms with Crippen LogP contribution >= 0.6 is 0 Å². The van der Waals surface area contributed by atoms with Crippen molar-refractivity contribution in [3.8, 4) is 5.75 Å². The van der Waals surface area contributed by atoms with Crippen molar-refractivity contribution in [3.63, 3.8) is 0 Å². The van der Waals surface area contributed by atoms with Gasteiger partial charge in [0.05, 0.1) is 6.61 Å². The molecule has 0 aliphatic rings. The van der Waals surface area contributed by atoms with E-state index in [0.717, 1.165) is 17.7 Å². The summed E-state index contributed by atoms with van der Waals surface area (Å²) >= 11 is 0. The van der Waals surface area contributed by atoms with E-state index in [2.05, 4.69) is 0 Å². The van der Waals surface area contributed by atoms with Crippen molar-refractivity contribution in [2.75, 3.05) is 6.61 Å². The van der Waals surface area contributed by atoms with Gasteiger partial charge in [-0.15, -0.1) is 0 Å². The molecule has 0 saturated heterocycles. The highest BCUT2D eigenvalue weighted by Gasteiger charge is 2.14. The molecule has 0 amide bonds. The van der Waals surface area contributed by atoms with Crippen molar-refractivity contribution in [1.82, 2.24) is 0 Å². The third kappa shape index (κ3) is 3.95. The molecule has 1 unspecified atom stereocenters. The molecule has 0 heterocycles. The molecule has 0 bridgehead atoms. The molecule has 0 radical (unpaired) electrons. The van der Waals surface area contributed by atoms with Crippen LogP contribution < -0.4 is 4.74 Å². The minimum Gasteiger partial charge on any atom is -0.494 e. The molecule has 2 nitrogen and oxygen atoms in total. The molecule has 19 heavy (non-hydrogen) atoms. The monoisotopic (exact) mass is 254 g/mol. The molecule has 2 aromatic carbocycles. The van der Waals surface area contributed by atoms with Crippen molar-refractivity contribution < 1.29 is 9.53 Å². The maximum Gasteiger partial charge on any atom is 0.165 e. The van der Waals surface area contributed by atoms with E-state index in [1.54, 1.807) is 0 Å². The lowest BCUT2D eigenvalue weighted by Crippen LogP contribution is -2.14. The zero-order chi connectivity index (χ0) is 13.5. The first-order valence-corrected chi connectivity index (χ1v) is 6.54. The Hall–Kier alpha value is -2.09. The van der Waals surface area contributed by atoms with Crippen molar-refractivity contribution in [3.05, 3.63) is 66.2 Å².